The summed E-state index contributed by atoms with van der Waals surface area (Å²) >= 11 is 1.26. The molecule has 0 atom stereocenters. The zero-order valence-corrected chi connectivity index (χ0v) is 13.3. The van der Waals surface area contributed by atoms with Gasteiger partial charge in [0.1, 0.15) is 5.51 Å². The van der Waals surface area contributed by atoms with Crippen molar-refractivity contribution in [3.05, 3.63) is 35.3 Å². The normalized spacial score (nSPS) is 14.6. The van der Waals surface area contributed by atoms with Gasteiger partial charge in [0, 0.05) is 25.2 Å². The molecule has 0 unspecified atom stereocenters. The van der Waals surface area contributed by atoms with Crippen molar-refractivity contribution in [2.24, 2.45) is 0 Å². The van der Waals surface area contributed by atoms with Gasteiger partial charge in [0.15, 0.2) is 0 Å². The van der Waals surface area contributed by atoms with Crippen LogP contribution in [0, 0.1) is 0 Å². The molecule has 0 spiro atoms. The lowest BCUT2D eigenvalue weighted by Gasteiger charge is -2.27. The maximum Gasteiger partial charge on any atom is 0.321 e. The summed E-state index contributed by atoms with van der Waals surface area (Å²) in [6.07, 6.45) is 2.59. The highest BCUT2D eigenvalue weighted by molar-refractivity contribution is 7.13. The van der Waals surface area contributed by atoms with E-state index < -0.39 is 0 Å². The molecule has 1 aromatic carbocycles. The average Bonchev–Trinajstić information content (AvgIpc) is 3.07. The molecule has 23 heavy (non-hydrogen) atoms. The first-order valence-electron chi connectivity index (χ1n) is 7.43. The van der Waals surface area contributed by atoms with Crippen LogP contribution in [0.1, 0.15) is 24.8 Å². The summed E-state index contributed by atoms with van der Waals surface area (Å²) in [6.45, 7) is 1.13. The van der Waals surface area contributed by atoms with E-state index >= 15 is 0 Å². The van der Waals surface area contributed by atoms with Crippen LogP contribution in [0.5, 0.6) is 0 Å². The van der Waals surface area contributed by atoms with Crippen LogP contribution in [0.3, 0.4) is 0 Å². The van der Waals surface area contributed by atoms with Crippen LogP contribution in [0.25, 0.3) is 0 Å². The van der Waals surface area contributed by atoms with Crippen molar-refractivity contribution in [3.63, 3.8) is 0 Å². The number of carbonyl (C=O) groups is 2. The Hall–Kier alpha value is -2.48. The molecule has 0 bridgehead atoms. The molecule has 120 valence electrons. The summed E-state index contributed by atoms with van der Waals surface area (Å²) in [6, 6.07) is 7.35. The van der Waals surface area contributed by atoms with Crippen LogP contribution in [-0.2, 0) is 11.3 Å². The highest BCUT2D eigenvalue weighted by Crippen LogP contribution is 2.21. The number of urea groups is 1. The van der Waals surface area contributed by atoms with Crippen LogP contribution >= 0.6 is 11.3 Å². The SMILES string of the molecule is O=C(NCc1cccc(N2CCCCC2=O)c1)Nc1nncs1. The van der Waals surface area contributed by atoms with Gasteiger partial charge in [-0.2, -0.15) is 0 Å². The highest BCUT2D eigenvalue weighted by Gasteiger charge is 2.19. The summed E-state index contributed by atoms with van der Waals surface area (Å²) in [4.78, 5) is 25.6. The third-order valence-electron chi connectivity index (χ3n) is 3.58. The molecule has 0 saturated carbocycles. The third-order valence-corrected chi connectivity index (χ3v) is 4.19. The fraction of sp³-hybridized carbons (Fsp3) is 0.333. The lowest BCUT2D eigenvalue weighted by Crippen LogP contribution is -2.35. The predicted octanol–water partition coefficient (Wildman–Crippen LogP) is 2.38. The van der Waals surface area contributed by atoms with Crippen LogP contribution in [0.2, 0.25) is 0 Å². The first kappa shape index (κ1) is 15.4. The van der Waals surface area contributed by atoms with E-state index in [1.807, 2.05) is 29.2 Å². The minimum absolute atomic E-state index is 0.162. The monoisotopic (exact) mass is 331 g/mol. The van der Waals surface area contributed by atoms with E-state index in [9.17, 15) is 9.59 Å². The van der Waals surface area contributed by atoms with Crippen molar-refractivity contribution in [2.75, 3.05) is 16.8 Å². The minimum atomic E-state index is -0.332. The molecule has 1 aliphatic heterocycles. The molecule has 0 radical (unpaired) electrons. The van der Waals surface area contributed by atoms with Crippen LogP contribution < -0.4 is 15.5 Å². The molecule has 1 aromatic heterocycles. The first-order chi connectivity index (χ1) is 11.2. The molecule has 8 heteroatoms. The smallest absolute Gasteiger partial charge is 0.321 e. The third kappa shape index (κ3) is 4.04. The predicted molar refractivity (Wildman–Crippen MR) is 88.4 cm³/mol. The number of aromatic nitrogens is 2. The molecule has 0 aliphatic carbocycles. The van der Waals surface area contributed by atoms with Gasteiger partial charge < -0.3 is 10.2 Å². The zero-order valence-electron chi connectivity index (χ0n) is 12.5. The molecular weight excluding hydrogens is 314 g/mol. The standard InChI is InChI=1S/C15H17N5O2S/c21-13-6-1-2-7-20(13)12-5-3-4-11(8-12)9-16-14(22)18-15-19-17-10-23-15/h3-5,8,10H,1-2,6-7,9H2,(H2,16,18,19,22). The quantitative estimate of drug-likeness (QED) is 0.900. The minimum Gasteiger partial charge on any atom is -0.334 e. The van der Waals surface area contributed by atoms with E-state index in [4.69, 9.17) is 0 Å². The molecule has 3 rings (SSSR count). The van der Waals surface area contributed by atoms with Crippen molar-refractivity contribution in [3.8, 4) is 0 Å². The molecule has 2 aromatic rings. The number of amides is 3. The van der Waals surface area contributed by atoms with Gasteiger partial charge in [0.2, 0.25) is 11.0 Å². The van der Waals surface area contributed by atoms with E-state index in [1.165, 1.54) is 11.3 Å². The number of rotatable bonds is 4. The van der Waals surface area contributed by atoms with Crippen molar-refractivity contribution >= 4 is 34.1 Å². The highest BCUT2D eigenvalue weighted by atomic mass is 32.1. The number of piperidine rings is 1. The summed E-state index contributed by atoms with van der Waals surface area (Å²) in [5.74, 6) is 0.162. The van der Waals surface area contributed by atoms with Crippen LogP contribution in [-0.4, -0.2) is 28.7 Å². The van der Waals surface area contributed by atoms with Crippen LogP contribution in [0.15, 0.2) is 29.8 Å². The van der Waals surface area contributed by atoms with Gasteiger partial charge in [0.25, 0.3) is 0 Å². The molecule has 1 saturated heterocycles. The Labute approximate surface area is 137 Å². The Bertz CT molecular complexity index is 689. The van der Waals surface area contributed by atoms with Gasteiger partial charge in [-0.15, -0.1) is 10.2 Å². The second kappa shape index (κ2) is 7.19. The maximum absolute atomic E-state index is 12.0. The lowest BCUT2D eigenvalue weighted by molar-refractivity contribution is -0.119. The van der Waals surface area contributed by atoms with E-state index in [1.54, 1.807) is 5.51 Å². The zero-order chi connectivity index (χ0) is 16.1. The number of hydrogen-bond donors (Lipinski definition) is 2. The van der Waals surface area contributed by atoms with Crippen molar-refractivity contribution in [2.45, 2.75) is 25.8 Å². The largest absolute Gasteiger partial charge is 0.334 e. The maximum atomic E-state index is 12.0. The van der Waals surface area contributed by atoms with Gasteiger partial charge in [0.05, 0.1) is 0 Å². The summed E-state index contributed by atoms with van der Waals surface area (Å²) < 4.78 is 0. The Morgan fingerprint density at radius 1 is 1.35 bits per heavy atom. The van der Waals surface area contributed by atoms with E-state index in [2.05, 4.69) is 20.8 Å². The van der Waals surface area contributed by atoms with Gasteiger partial charge >= 0.3 is 6.03 Å². The van der Waals surface area contributed by atoms with Crippen molar-refractivity contribution < 1.29 is 9.59 Å². The molecule has 2 heterocycles. The number of nitrogens with zero attached hydrogens (tertiary/aromatic N) is 3. The molecular formula is C15H17N5O2S. The van der Waals surface area contributed by atoms with Gasteiger partial charge in [-0.25, -0.2) is 4.79 Å². The van der Waals surface area contributed by atoms with Gasteiger partial charge in [-0.05, 0) is 30.5 Å². The van der Waals surface area contributed by atoms with Crippen LogP contribution in [0.4, 0.5) is 15.6 Å². The molecule has 2 N–H and O–H groups in total. The van der Waals surface area contributed by atoms with Gasteiger partial charge in [-0.3, -0.25) is 10.1 Å². The number of carbonyl (C=O) groups excluding carboxylic acids is 2. The fourth-order valence-electron chi connectivity index (χ4n) is 2.46. The molecule has 3 amide bonds. The Balaban J connectivity index is 1.59. The van der Waals surface area contributed by atoms with Gasteiger partial charge in [-0.1, -0.05) is 23.5 Å². The van der Waals surface area contributed by atoms with Crippen molar-refractivity contribution in [1.29, 1.82) is 0 Å². The van der Waals surface area contributed by atoms with E-state index in [0.717, 1.165) is 30.6 Å². The second-order valence-electron chi connectivity index (χ2n) is 5.22. The van der Waals surface area contributed by atoms with Crippen molar-refractivity contribution in [1.82, 2.24) is 15.5 Å². The Morgan fingerprint density at radius 3 is 3.04 bits per heavy atom. The van der Waals surface area contributed by atoms with E-state index in [-0.39, 0.29) is 11.9 Å². The number of benzene rings is 1. The summed E-state index contributed by atoms with van der Waals surface area (Å²) in [7, 11) is 0. The average molecular weight is 331 g/mol. The molecule has 7 nitrogen and oxygen atoms in total. The lowest BCUT2D eigenvalue weighted by atomic mass is 10.1. The number of anilines is 2. The second-order valence-corrected chi connectivity index (χ2v) is 6.06. The Kier molecular flexibility index (Phi) is 4.82. The number of hydrogen-bond acceptors (Lipinski definition) is 5. The number of nitrogens with one attached hydrogen (secondary N) is 2. The topological polar surface area (TPSA) is 87.2 Å². The molecule has 1 aliphatic rings. The summed E-state index contributed by atoms with van der Waals surface area (Å²) in [5, 5.41) is 13.2. The molecule has 1 fully saturated rings. The summed E-state index contributed by atoms with van der Waals surface area (Å²) in [5.41, 5.74) is 3.38. The first-order valence-corrected chi connectivity index (χ1v) is 8.31. The fourth-order valence-corrected chi connectivity index (χ4v) is 2.90. The van der Waals surface area contributed by atoms with E-state index in [0.29, 0.717) is 18.1 Å². The Morgan fingerprint density at radius 2 is 2.26 bits per heavy atom.